The van der Waals surface area contributed by atoms with Gasteiger partial charge in [-0.2, -0.15) is 4.98 Å². The summed E-state index contributed by atoms with van der Waals surface area (Å²) in [6.45, 7) is 0.187. The molecule has 0 fully saturated rings. The number of nitrogens with one attached hydrogen (secondary N) is 3. The van der Waals surface area contributed by atoms with Gasteiger partial charge in [0.05, 0.1) is 18.4 Å². The summed E-state index contributed by atoms with van der Waals surface area (Å²) < 4.78 is 13.3. The van der Waals surface area contributed by atoms with Crippen molar-refractivity contribution in [2.24, 2.45) is 0 Å². The van der Waals surface area contributed by atoms with Gasteiger partial charge in [0.15, 0.2) is 17.3 Å². The van der Waals surface area contributed by atoms with Crippen molar-refractivity contribution in [2.45, 2.75) is 25.2 Å². The summed E-state index contributed by atoms with van der Waals surface area (Å²) >= 11 is 0. The molecule has 0 aliphatic heterocycles. The van der Waals surface area contributed by atoms with Crippen LogP contribution in [0.2, 0.25) is 0 Å². The average Bonchev–Trinajstić information content (AvgIpc) is 2.77. The minimum atomic E-state index is -2.43. The van der Waals surface area contributed by atoms with Gasteiger partial charge in [-0.1, -0.05) is 0 Å². The van der Waals surface area contributed by atoms with Gasteiger partial charge in [0.2, 0.25) is 5.95 Å². The average molecular weight is 459 g/mol. The molecule has 1 aromatic carbocycles. The van der Waals surface area contributed by atoms with E-state index >= 15 is 0 Å². The quantitative estimate of drug-likeness (QED) is 0.248. The normalized spacial score (nSPS) is 12.6. The number of carboxylic acids is 2. The minimum Gasteiger partial charge on any atom is -0.480 e. The fraction of sp³-hybridized carbons (Fsp3) is 0.211. The maximum absolute atomic E-state index is 13.3. The summed E-state index contributed by atoms with van der Waals surface area (Å²) in [6.07, 6.45) is -1.92. The summed E-state index contributed by atoms with van der Waals surface area (Å²) in [6, 6.07) is 4.14. The number of aromatic amines is 1. The highest BCUT2D eigenvalue weighted by atomic mass is 19.1. The minimum absolute atomic E-state index is 0.0296. The van der Waals surface area contributed by atoms with E-state index in [0.717, 1.165) is 0 Å². The first-order valence-corrected chi connectivity index (χ1v) is 9.40. The number of halogens is 1. The highest BCUT2D eigenvalue weighted by Crippen LogP contribution is 2.12. The van der Waals surface area contributed by atoms with Crippen molar-refractivity contribution < 1.29 is 29.0 Å². The van der Waals surface area contributed by atoms with E-state index < -0.39 is 42.0 Å². The van der Waals surface area contributed by atoms with Crippen molar-refractivity contribution in [3.8, 4) is 0 Å². The zero-order chi connectivity index (χ0) is 24.1. The standard InChI is InChI=1S/C19H18FN7O6/c20-11(17(30)31)5-12(18(32)33)25-15(28)8-1-3-9(4-2-8)22-6-10-7-23-14-13(24-10)16(29)27-19(21)26-14/h1-4,7,11-12,22H,5-6H2,(H,25,28)(H,30,31)(H,32,33)(H3,21,23,26,27,29)/t11?,12-/m0/s1. The Bertz CT molecular complexity index is 1260. The van der Waals surface area contributed by atoms with E-state index in [9.17, 15) is 23.6 Å². The smallest absolute Gasteiger partial charge is 0.338 e. The number of benzene rings is 1. The molecule has 0 bridgehead atoms. The van der Waals surface area contributed by atoms with Gasteiger partial charge in [0, 0.05) is 17.7 Å². The van der Waals surface area contributed by atoms with Crippen molar-refractivity contribution in [1.82, 2.24) is 25.3 Å². The van der Waals surface area contributed by atoms with Crippen LogP contribution in [0.5, 0.6) is 0 Å². The molecule has 0 saturated carbocycles. The van der Waals surface area contributed by atoms with Crippen LogP contribution in [0.4, 0.5) is 16.0 Å². The number of hydrogen-bond donors (Lipinski definition) is 6. The van der Waals surface area contributed by atoms with Crippen LogP contribution in [0.3, 0.4) is 0 Å². The van der Waals surface area contributed by atoms with Crippen LogP contribution >= 0.6 is 0 Å². The second-order valence-electron chi connectivity index (χ2n) is 6.82. The fourth-order valence-electron chi connectivity index (χ4n) is 2.76. The summed E-state index contributed by atoms with van der Waals surface area (Å²) in [7, 11) is 0. The zero-order valence-electron chi connectivity index (χ0n) is 16.8. The maximum Gasteiger partial charge on any atom is 0.338 e. The zero-order valence-corrected chi connectivity index (χ0v) is 16.8. The molecular formula is C19H18FN7O6. The Morgan fingerprint density at radius 3 is 2.45 bits per heavy atom. The van der Waals surface area contributed by atoms with Crippen LogP contribution in [-0.2, 0) is 16.1 Å². The number of amides is 1. The number of nitrogen functional groups attached to an aromatic ring is 1. The van der Waals surface area contributed by atoms with E-state index in [2.05, 4.69) is 30.6 Å². The van der Waals surface area contributed by atoms with Crippen molar-refractivity contribution in [1.29, 1.82) is 0 Å². The predicted octanol–water partition coefficient (Wildman–Crippen LogP) is -0.0968. The number of hydrogen-bond acceptors (Lipinski definition) is 9. The number of nitrogens with zero attached hydrogens (tertiary/aromatic N) is 3. The van der Waals surface area contributed by atoms with E-state index in [1.807, 2.05) is 0 Å². The molecule has 0 aliphatic rings. The van der Waals surface area contributed by atoms with Crippen LogP contribution in [-0.4, -0.2) is 60.2 Å². The Kier molecular flexibility index (Phi) is 6.76. The lowest BCUT2D eigenvalue weighted by Gasteiger charge is -2.15. The monoisotopic (exact) mass is 459 g/mol. The Hall–Kier alpha value is -4.62. The van der Waals surface area contributed by atoms with Crippen LogP contribution in [0, 0.1) is 0 Å². The first-order valence-electron chi connectivity index (χ1n) is 9.40. The third kappa shape index (κ3) is 5.75. The molecule has 0 saturated heterocycles. The lowest BCUT2D eigenvalue weighted by atomic mass is 10.1. The Labute approximate surface area is 183 Å². The van der Waals surface area contributed by atoms with Crippen molar-refractivity contribution >= 4 is 40.6 Å². The maximum atomic E-state index is 13.3. The van der Waals surface area contributed by atoms with Crippen LogP contribution in [0.1, 0.15) is 22.5 Å². The van der Waals surface area contributed by atoms with Crippen molar-refractivity contribution in [3.05, 3.63) is 52.1 Å². The highest BCUT2D eigenvalue weighted by Gasteiger charge is 2.28. The van der Waals surface area contributed by atoms with Gasteiger partial charge in [0.25, 0.3) is 11.5 Å². The number of anilines is 2. The van der Waals surface area contributed by atoms with Gasteiger partial charge in [-0.05, 0) is 24.3 Å². The van der Waals surface area contributed by atoms with Gasteiger partial charge in [-0.15, -0.1) is 0 Å². The molecule has 7 N–H and O–H groups in total. The Morgan fingerprint density at radius 1 is 1.12 bits per heavy atom. The van der Waals surface area contributed by atoms with Crippen LogP contribution in [0.25, 0.3) is 11.2 Å². The SMILES string of the molecule is Nc1nc2ncc(CNc3ccc(C(=O)N[C@@H](CC(F)C(=O)O)C(=O)O)cc3)nc2c(=O)[nH]1. The summed E-state index contributed by atoms with van der Waals surface area (Å²) in [4.78, 5) is 60.4. The third-order valence-corrected chi connectivity index (χ3v) is 4.42. The number of H-pyrrole nitrogens is 1. The third-order valence-electron chi connectivity index (χ3n) is 4.42. The molecule has 0 aliphatic carbocycles. The number of nitrogens with two attached hydrogens (primary N) is 1. The predicted molar refractivity (Wildman–Crippen MR) is 112 cm³/mol. The van der Waals surface area contributed by atoms with Gasteiger partial charge in [0.1, 0.15) is 6.04 Å². The number of alkyl halides is 1. The first kappa shape index (κ1) is 23.1. The van der Waals surface area contributed by atoms with Gasteiger partial charge < -0.3 is 26.6 Å². The molecule has 3 rings (SSSR count). The molecule has 1 amide bonds. The number of carboxylic acid groups (broad SMARTS) is 2. The number of aromatic nitrogens is 4. The molecule has 2 heterocycles. The number of carbonyl (C=O) groups is 3. The van der Waals surface area contributed by atoms with E-state index in [-0.39, 0.29) is 29.2 Å². The topological polar surface area (TPSA) is 213 Å². The Morgan fingerprint density at radius 2 is 1.82 bits per heavy atom. The largest absolute Gasteiger partial charge is 0.480 e. The number of aliphatic carboxylic acids is 2. The summed E-state index contributed by atoms with van der Waals surface area (Å²) in [5.74, 6) is -4.25. The lowest BCUT2D eigenvalue weighted by molar-refractivity contribution is -0.145. The molecule has 2 aromatic heterocycles. The Balaban J connectivity index is 1.63. The number of rotatable bonds is 9. The molecule has 13 nitrogen and oxygen atoms in total. The van der Waals surface area contributed by atoms with E-state index in [1.165, 1.54) is 30.5 Å². The van der Waals surface area contributed by atoms with E-state index in [0.29, 0.717) is 11.4 Å². The molecule has 1 unspecified atom stereocenters. The van der Waals surface area contributed by atoms with Crippen LogP contribution in [0.15, 0.2) is 35.3 Å². The summed E-state index contributed by atoms with van der Waals surface area (Å²) in [5.41, 5.74) is 6.16. The number of carbonyl (C=O) groups excluding carboxylic acids is 1. The molecular weight excluding hydrogens is 441 g/mol. The highest BCUT2D eigenvalue weighted by molar-refractivity contribution is 5.97. The molecule has 172 valence electrons. The molecule has 0 spiro atoms. The fourth-order valence-corrected chi connectivity index (χ4v) is 2.76. The molecule has 2 atom stereocenters. The molecule has 33 heavy (non-hydrogen) atoms. The second kappa shape index (κ2) is 9.67. The molecule has 14 heteroatoms. The van der Waals surface area contributed by atoms with Crippen molar-refractivity contribution in [2.75, 3.05) is 11.1 Å². The van der Waals surface area contributed by atoms with Gasteiger partial charge >= 0.3 is 11.9 Å². The van der Waals surface area contributed by atoms with E-state index in [4.69, 9.17) is 15.9 Å². The van der Waals surface area contributed by atoms with E-state index in [1.54, 1.807) is 0 Å². The van der Waals surface area contributed by atoms with Gasteiger partial charge in [-0.25, -0.2) is 23.9 Å². The molecule has 3 aromatic rings. The number of fused-ring (bicyclic) bond motifs is 1. The van der Waals surface area contributed by atoms with Crippen LogP contribution < -0.4 is 21.9 Å². The van der Waals surface area contributed by atoms with Crippen molar-refractivity contribution in [3.63, 3.8) is 0 Å². The summed E-state index contributed by atoms with van der Waals surface area (Å²) in [5, 5.41) is 22.8. The first-order chi connectivity index (χ1) is 15.6. The lowest BCUT2D eigenvalue weighted by Crippen LogP contribution is -2.43. The second-order valence-corrected chi connectivity index (χ2v) is 6.82. The van der Waals surface area contributed by atoms with Gasteiger partial charge in [-0.3, -0.25) is 14.6 Å². The molecule has 0 radical (unpaired) electrons.